The van der Waals surface area contributed by atoms with Crippen LogP contribution in [-0.2, 0) is 4.74 Å². The Morgan fingerprint density at radius 2 is 2.20 bits per heavy atom. The first-order chi connectivity index (χ1) is 7.04. The predicted molar refractivity (Wildman–Crippen MR) is 59.8 cm³/mol. The quantitative estimate of drug-likeness (QED) is 0.921. The van der Waals surface area contributed by atoms with Gasteiger partial charge in [-0.25, -0.2) is 4.79 Å². The highest BCUT2D eigenvalue weighted by molar-refractivity contribution is 9.10. The van der Waals surface area contributed by atoms with E-state index in [1.165, 1.54) is 0 Å². The molecule has 1 atom stereocenters. The zero-order valence-electron chi connectivity index (χ0n) is 8.49. The molecule has 0 radical (unpaired) electrons. The van der Waals surface area contributed by atoms with Gasteiger partial charge in [-0.1, -0.05) is 6.07 Å². The number of halogens is 1. The molecule has 0 aliphatic rings. The summed E-state index contributed by atoms with van der Waals surface area (Å²) < 4.78 is 10.7. The lowest BCUT2D eigenvalue weighted by Gasteiger charge is -2.13. The summed E-state index contributed by atoms with van der Waals surface area (Å²) in [4.78, 5) is 10.6. The number of amides is 1. The largest absolute Gasteiger partial charge is 0.496 e. The summed E-state index contributed by atoms with van der Waals surface area (Å²) >= 11 is 3.35. The van der Waals surface area contributed by atoms with Gasteiger partial charge in [-0.15, -0.1) is 0 Å². The van der Waals surface area contributed by atoms with Gasteiger partial charge in [0.05, 0.1) is 11.6 Å². The maximum Gasteiger partial charge on any atom is 0.405 e. The molecule has 82 valence electrons. The number of carbonyl (C=O) groups excluding carboxylic acids is 1. The molecule has 0 aliphatic heterocycles. The molecule has 0 saturated heterocycles. The Balaban J connectivity index is 2.87. The lowest BCUT2D eigenvalue weighted by atomic mass is 10.1. The van der Waals surface area contributed by atoms with Crippen molar-refractivity contribution in [2.45, 2.75) is 13.0 Å². The van der Waals surface area contributed by atoms with Crippen molar-refractivity contribution in [3.05, 3.63) is 28.2 Å². The fraction of sp³-hybridized carbons (Fsp3) is 0.300. The van der Waals surface area contributed by atoms with Crippen LogP contribution in [0, 0.1) is 0 Å². The molecule has 1 unspecified atom stereocenters. The first kappa shape index (κ1) is 11.8. The second-order valence-electron chi connectivity index (χ2n) is 2.97. The van der Waals surface area contributed by atoms with Crippen LogP contribution in [0.15, 0.2) is 22.7 Å². The Morgan fingerprint density at radius 1 is 1.53 bits per heavy atom. The van der Waals surface area contributed by atoms with Crippen LogP contribution in [0.3, 0.4) is 0 Å². The number of rotatable bonds is 3. The molecule has 1 rings (SSSR count). The minimum absolute atomic E-state index is 0.371. The summed E-state index contributed by atoms with van der Waals surface area (Å²) in [6.45, 7) is 1.75. The summed E-state index contributed by atoms with van der Waals surface area (Å²) in [5.74, 6) is 0.727. The van der Waals surface area contributed by atoms with E-state index < -0.39 is 6.09 Å². The van der Waals surface area contributed by atoms with E-state index in [0.29, 0.717) is 0 Å². The first-order valence-corrected chi connectivity index (χ1v) is 5.13. The first-order valence-electron chi connectivity index (χ1n) is 4.34. The van der Waals surface area contributed by atoms with E-state index in [4.69, 9.17) is 15.2 Å². The predicted octanol–water partition coefficient (Wildman–Crippen LogP) is 2.61. The Hall–Kier alpha value is -1.23. The van der Waals surface area contributed by atoms with Crippen LogP contribution in [0.1, 0.15) is 18.6 Å². The monoisotopic (exact) mass is 273 g/mol. The van der Waals surface area contributed by atoms with Crippen LogP contribution >= 0.6 is 15.9 Å². The molecular formula is C10H12BrNO3. The maximum absolute atomic E-state index is 10.6. The molecule has 0 saturated carbocycles. The molecule has 15 heavy (non-hydrogen) atoms. The molecule has 0 aliphatic carbocycles. The standard InChI is InChI=1S/C10H12BrNO3/c1-6(15-10(12)13)7-3-4-9(14-2)8(11)5-7/h3-6H,1-2H3,(H2,12,13). The number of nitrogens with two attached hydrogens (primary N) is 1. The zero-order valence-corrected chi connectivity index (χ0v) is 10.1. The van der Waals surface area contributed by atoms with Crippen LogP contribution in [0.4, 0.5) is 4.79 Å². The highest BCUT2D eigenvalue weighted by Gasteiger charge is 2.10. The molecular weight excluding hydrogens is 262 g/mol. The summed E-state index contributed by atoms with van der Waals surface area (Å²) in [7, 11) is 1.59. The fourth-order valence-corrected chi connectivity index (χ4v) is 1.74. The van der Waals surface area contributed by atoms with Gasteiger partial charge in [-0.05, 0) is 40.5 Å². The zero-order chi connectivity index (χ0) is 11.4. The molecule has 2 N–H and O–H groups in total. The fourth-order valence-electron chi connectivity index (χ4n) is 1.18. The number of hydrogen-bond donors (Lipinski definition) is 1. The third-order valence-corrected chi connectivity index (χ3v) is 2.56. The van der Waals surface area contributed by atoms with Crippen LogP contribution in [0.25, 0.3) is 0 Å². The molecule has 1 amide bonds. The minimum Gasteiger partial charge on any atom is -0.496 e. The number of benzene rings is 1. The van der Waals surface area contributed by atoms with Gasteiger partial charge in [0.15, 0.2) is 0 Å². The minimum atomic E-state index is -0.783. The van der Waals surface area contributed by atoms with E-state index in [1.54, 1.807) is 20.1 Å². The van der Waals surface area contributed by atoms with Crippen molar-refractivity contribution < 1.29 is 14.3 Å². The molecule has 5 heteroatoms. The van der Waals surface area contributed by atoms with Crippen molar-refractivity contribution in [1.82, 2.24) is 0 Å². The second kappa shape index (κ2) is 5.02. The summed E-state index contributed by atoms with van der Waals surface area (Å²) in [5, 5.41) is 0. The van der Waals surface area contributed by atoms with Crippen molar-refractivity contribution in [2.24, 2.45) is 5.73 Å². The van der Waals surface area contributed by atoms with Gasteiger partial charge in [-0.2, -0.15) is 0 Å². The molecule has 4 nitrogen and oxygen atoms in total. The molecule has 0 bridgehead atoms. The Bertz CT molecular complexity index is 368. The topological polar surface area (TPSA) is 61.6 Å². The van der Waals surface area contributed by atoms with E-state index >= 15 is 0 Å². The van der Waals surface area contributed by atoms with Crippen molar-refractivity contribution in [2.75, 3.05) is 7.11 Å². The third kappa shape index (κ3) is 3.13. The SMILES string of the molecule is COc1ccc(C(C)OC(N)=O)cc1Br. The maximum atomic E-state index is 10.6. The van der Waals surface area contributed by atoms with Gasteiger partial charge in [0.2, 0.25) is 0 Å². The van der Waals surface area contributed by atoms with Crippen LogP contribution < -0.4 is 10.5 Å². The van der Waals surface area contributed by atoms with Gasteiger partial charge >= 0.3 is 6.09 Å². The number of primary amides is 1. The van der Waals surface area contributed by atoms with Gasteiger partial charge in [-0.3, -0.25) is 0 Å². The Kier molecular flexibility index (Phi) is 3.96. The molecule has 1 aromatic rings. The molecule has 0 aromatic heterocycles. The van der Waals surface area contributed by atoms with E-state index in [0.717, 1.165) is 15.8 Å². The number of hydrogen-bond acceptors (Lipinski definition) is 3. The van der Waals surface area contributed by atoms with Gasteiger partial charge < -0.3 is 15.2 Å². The van der Waals surface area contributed by atoms with Crippen molar-refractivity contribution in [3.8, 4) is 5.75 Å². The van der Waals surface area contributed by atoms with Crippen molar-refractivity contribution in [3.63, 3.8) is 0 Å². The van der Waals surface area contributed by atoms with Gasteiger partial charge in [0, 0.05) is 0 Å². The summed E-state index contributed by atoms with van der Waals surface area (Å²) in [6.07, 6.45) is -1.15. The van der Waals surface area contributed by atoms with Gasteiger partial charge in [0.25, 0.3) is 0 Å². The van der Waals surface area contributed by atoms with E-state index in [2.05, 4.69) is 15.9 Å². The average Bonchev–Trinajstić information content (AvgIpc) is 2.16. The average molecular weight is 274 g/mol. The summed E-state index contributed by atoms with van der Waals surface area (Å²) in [5.41, 5.74) is 5.78. The van der Waals surface area contributed by atoms with Crippen molar-refractivity contribution >= 4 is 22.0 Å². The molecule has 0 fully saturated rings. The summed E-state index contributed by atoms with van der Waals surface area (Å²) in [6, 6.07) is 5.43. The number of methoxy groups -OCH3 is 1. The lowest BCUT2D eigenvalue weighted by Crippen LogP contribution is -2.15. The molecule has 0 spiro atoms. The Labute approximate surface area is 96.5 Å². The van der Waals surface area contributed by atoms with Crippen molar-refractivity contribution in [1.29, 1.82) is 0 Å². The molecule has 1 aromatic carbocycles. The van der Waals surface area contributed by atoms with Gasteiger partial charge in [0.1, 0.15) is 11.9 Å². The number of ether oxygens (including phenoxy) is 2. The van der Waals surface area contributed by atoms with Crippen LogP contribution in [0.5, 0.6) is 5.75 Å². The third-order valence-electron chi connectivity index (χ3n) is 1.94. The Morgan fingerprint density at radius 3 is 2.67 bits per heavy atom. The highest BCUT2D eigenvalue weighted by Crippen LogP contribution is 2.28. The highest BCUT2D eigenvalue weighted by atomic mass is 79.9. The lowest BCUT2D eigenvalue weighted by molar-refractivity contribution is 0.116. The van der Waals surface area contributed by atoms with E-state index in [9.17, 15) is 4.79 Å². The van der Waals surface area contributed by atoms with E-state index in [1.807, 2.05) is 12.1 Å². The molecule has 0 heterocycles. The number of carbonyl (C=O) groups is 1. The van der Waals surface area contributed by atoms with Crippen LogP contribution in [0.2, 0.25) is 0 Å². The van der Waals surface area contributed by atoms with Crippen LogP contribution in [-0.4, -0.2) is 13.2 Å². The smallest absolute Gasteiger partial charge is 0.405 e. The van der Waals surface area contributed by atoms with E-state index in [-0.39, 0.29) is 6.10 Å². The normalized spacial score (nSPS) is 11.9. The second-order valence-corrected chi connectivity index (χ2v) is 3.83.